The maximum Gasteiger partial charge on any atom is 0.416 e. The quantitative estimate of drug-likeness (QED) is 0.231. The molecule has 9 nitrogen and oxygen atoms in total. The Labute approximate surface area is 196 Å². The van der Waals surface area contributed by atoms with Crippen LogP contribution in [0.4, 0.5) is 24.5 Å². The number of hydrogen-bond acceptors (Lipinski definition) is 7. The van der Waals surface area contributed by atoms with Gasteiger partial charge in [0.2, 0.25) is 5.91 Å². The van der Waals surface area contributed by atoms with Crippen LogP contribution in [0, 0.1) is 10.1 Å². The summed E-state index contributed by atoms with van der Waals surface area (Å²) in [4.78, 5) is 46.9. The summed E-state index contributed by atoms with van der Waals surface area (Å²) in [7, 11) is 0. The normalized spacial score (nSPS) is 11.1. The third kappa shape index (κ3) is 7.76. The van der Waals surface area contributed by atoms with Crippen LogP contribution in [0.15, 0.2) is 47.4 Å². The Balaban J connectivity index is 2.03. The molecule has 0 radical (unpaired) electrons. The SMILES string of the molecule is CC(C)NC(=O)CSc1ccccc1C(=O)OCC(=O)Nc1ccc(C(F)(F)F)cc1[N+](=O)[O-]. The number of nitro benzene ring substituents is 1. The highest BCUT2D eigenvalue weighted by Gasteiger charge is 2.33. The molecule has 0 aliphatic heterocycles. The van der Waals surface area contributed by atoms with Crippen LogP contribution in [-0.4, -0.2) is 41.1 Å². The summed E-state index contributed by atoms with van der Waals surface area (Å²) in [6, 6.07) is 7.80. The van der Waals surface area contributed by atoms with Crippen molar-refractivity contribution in [3.8, 4) is 0 Å². The molecule has 2 amide bonds. The van der Waals surface area contributed by atoms with Crippen LogP contribution >= 0.6 is 11.8 Å². The van der Waals surface area contributed by atoms with E-state index in [-0.39, 0.29) is 23.3 Å². The molecule has 0 atom stereocenters. The number of nitrogens with zero attached hydrogens (tertiary/aromatic N) is 1. The van der Waals surface area contributed by atoms with Gasteiger partial charge in [-0.15, -0.1) is 11.8 Å². The number of nitrogens with one attached hydrogen (secondary N) is 2. The lowest BCUT2D eigenvalue weighted by atomic mass is 10.1. The Morgan fingerprint density at radius 2 is 1.79 bits per heavy atom. The molecule has 13 heteroatoms. The van der Waals surface area contributed by atoms with Crippen molar-refractivity contribution in [1.82, 2.24) is 5.32 Å². The Morgan fingerprint density at radius 3 is 2.41 bits per heavy atom. The smallest absolute Gasteiger partial charge is 0.416 e. The highest BCUT2D eigenvalue weighted by atomic mass is 32.2. The number of amides is 2. The lowest BCUT2D eigenvalue weighted by molar-refractivity contribution is -0.384. The molecule has 2 aromatic rings. The average molecular weight is 499 g/mol. The molecule has 0 saturated heterocycles. The van der Waals surface area contributed by atoms with E-state index in [0.717, 1.165) is 17.8 Å². The average Bonchev–Trinajstić information content (AvgIpc) is 2.75. The van der Waals surface area contributed by atoms with E-state index in [0.29, 0.717) is 17.0 Å². The van der Waals surface area contributed by atoms with Crippen molar-refractivity contribution >= 4 is 40.9 Å². The van der Waals surface area contributed by atoms with Crippen molar-refractivity contribution in [2.24, 2.45) is 0 Å². The molecule has 0 unspecified atom stereocenters. The minimum atomic E-state index is -4.80. The number of hydrogen-bond donors (Lipinski definition) is 2. The number of carbonyl (C=O) groups is 3. The fraction of sp³-hybridized carbons (Fsp3) is 0.286. The monoisotopic (exact) mass is 499 g/mol. The molecule has 2 aromatic carbocycles. The topological polar surface area (TPSA) is 128 Å². The van der Waals surface area contributed by atoms with Crippen LogP contribution in [0.5, 0.6) is 0 Å². The molecule has 182 valence electrons. The van der Waals surface area contributed by atoms with Gasteiger partial charge in [-0.05, 0) is 38.1 Å². The number of benzene rings is 2. The van der Waals surface area contributed by atoms with E-state index in [1.807, 2.05) is 0 Å². The summed E-state index contributed by atoms with van der Waals surface area (Å²) >= 11 is 1.09. The van der Waals surface area contributed by atoms with Gasteiger partial charge in [-0.2, -0.15) is 13.2 Å². The van der Waals surface area contributed by atoms with Crippen LogP contribution in [0.2, 0.25) is 0 Å². The summed E-state index contributed by atoms with van der Waals surface area (Å²) in [5.41, 5.74) is -2.60. The minimum Gasteiger partial charge on any atom is -0.452 e. The third-order valence-corrected chi connectivity index (χ3v) is 5.12. The molecule has 2 rings (SSSR count). The standard InChI is InChI=1S/C21H20F3N3O6S/c1-12(2)25-19(29)11-34-17-6-4-3-5-14(17)20(30)33-10-18(28)26-15-8-7-13(21(22,23)24)9-16(15)27(31)32/h3-9,12H,10-11H2,1-2H3,(H,25,29)(H,26,28). The largest absolute Gasteiger partial charge is 0.452 e. The van der Waals surface area contributed by atoms with E-state index in [1.165, 1.54) is 6.07 Å². The summed E-state index contributed by atoms with van der Waals surface area (Å²) in [6.45, 7) is 2.76. The second-order valence-corrected chi connectivity index (χ2v) is 8.14. The Morgan fingerprint density at radius 1 is 1.12 bits per heavy atom. The first kappa shape index (κ1) is 26.6. The lowest BCUT2D eigenvalue weighted by Gasteiger charge is -2.12. The molecule has 0 aromatic heterocycles. The first-order chi connectivity index (χ1) is 15.9. The van der Waals surface area contributed by atoms with Gasteiger partial charge < -0.3 is 15.4 Å². The first-order valence-electron chi connectivity index (χ1n) is 9.72. The predicted molar refractivity (Wildman–Crippen MR) is 117 cm³/mol. The van der Waals surface area contributed by atoms with Gasteiger partial charge in [-0.1, -0.05) is 12.1 Å². The summed E-state index contributed by atoms with van der Waals surface area (Å²) < 4.78 is 43.3. The highest BCUT2D eigenvalue weighted by molar-refractivity contribution is 8.00. The molecule has 0 fully saturated rings. The lowest BCUT2D eigenvalue weighted by Crippen LogP contribution is -2.31. The van der Waals surface area contributed by atoms with Crippen LogP contribution in [0.3, 0.4) is 0 Å². The minimum absolute atomic E-state index is 0.0422. The summed E-state index contributed by atoms with van der Waals surface area (Å²) in [5.74, 6) is -2.07. The van der Waals surface area contributed by atoms with Crippen molar-refractivity contribution in [2.75, 3.05) is 17.7 Å². The Hall–Kier alpha value is -3.61. The second-order valence-electron chi connectivity index (χ2n) is 7.12. The number of halogens is 3. The van der Waals surface area contributed by atoms with Gasteiger partial charge in [0.15, 0.2) is 6.61 Å². The number of carbonyl (C=O) groups excluding carboxylic acids is 3. The van der Waals surface area contributed by atoms with Crippen molar-refractivity contribution in [3.63, 3.8) is 0 Å². The molecule has 34 heavy (non-hydrogen) atoms. The van der Waals surface area contributed by atoms with Gasteiger partial charge in [0.05, 0.1) is 21.8 Å². The molecule has 0 aliphatic rings. The van der Waals surface area contributed by atoms with E-state index in [4.69, 9.17) is 4.74 Å². The fourth-order valence-corrected chi connectivity index (χ4v) is 3.48. The van der Waals surface area contributed by atoms with E-state index in [1.54, 1.807) is 32.0 Å². The Bertz CT molecular complexity index is 1090. The molecular weight excluding hydrogens is 479 g/mol. The molecular formula is C21H20F3N3O6S. The van der Waals surface area contributed by atoms with Crippen LogP contribution in [0.1, 0.15) is 29.8 Å². The van der Waals surface area contributed by atoms with E-state index in [2.05, 4.69) is 10.6 Å². The number of esters is 1. The van der Waals surface area contributed by atoms with E-state index < -0.39 is 46.5 Å². The zero-order chi connectivity index (χ0) is 25.5. The van der Waals surface area contributed by atoms with Crippen molar-refractivity contribution in [1.29, 1.82) is 0 Å². The van der Waals surface area contributed by atoms with Crippen molar-refractivity contribution in [2.45, 2.75) is 31.0 Å². The van der Waals surface area contributed by atoms with Crippen LogP contribution in [-0.2, 0) is 20.5 Å². The van der Waals surface area contributed by atoms with E-state index in [9.17, 15) is 37.7 Å². The van der Waals surface area contributed by atoms with E-state index >= 15 is 0 Å². The first-order valence-corrected chi connectivity index (χ1v) is 10.7. The number of ether oxygens (including phenoxy) is 1. The van der Waals surface area contributed by atoms with Gasteiger partial charge in [-0.25, -0.2) is 4.79 Å². The van der Waals surface area contributed by atoms with Crippen molar-refractivity contribution in [3.05, 3.63) is 63.7 Å². The molecule has 0 saturated carbocycles. The third-order valence-electron chi connectivity index (χ3n) is 4.05. The summed E-state index contributed by atoms with van der Waals surface area (Å²) in [6.07, 6.45) is -4.80. The van der Waals surface area contributed by atoms with Gasteiger partial charge >= 0.3 is 12.1 Å². The molecule has 0 aliphatic carbocycles. The second kappa shape index (κ2) is 11.5. The van der Waals surface area contributed by atoms with Gasteiger partial charge in [-0.3, -0.25) is 19.7 Å². The number of nitro groups is 1. The Kier molecular flexibility index (Phi) is 9.01. The maximum absolute atomic E-state index is 12.8. The summed E-state index contributed by atoms with van der Waals surface area (Å²) in [5, 5.41) is 15.9. The van der Waals surface area contributed by atoms with Crippen LogP contribution < -0.4 is 10.6 Å². The maximum atomic E-state index is 12.8. The molecule has 0 heterocycles. The zero-order valence-electron chi connectivity index (χ0n) is 18.0. The molecule has 2 N–H and O–H groups in total. The van der Waals surface area contributed by atoms with Gasteiger partial charge in [0, 0.05) is 17.0 Å². The van der Waals surface area contributed by atoms with Gasteiger partial charge in [0.1, 0.15) is 5.69 Å². The van der Waals surface area contributed by atoms with Gasteiger partial charge in [0.25, 0.3) is 11.6 Å². The number of alkyl halides is 3. The zero-order valence-corrected chi connectivity index (χ0v) is 18.8. The number of thioether (sulfide) groups is 1. The predicted octanol–water partition coefficient (Wildman–Crippen LogP) is 4.03. The number of rotatable bonds is 9. The van der Waals surface area contributed by atoms with Crippen LogP contribution in [0.25, 0.3) is 0 Å². The number of anilines is 1. The molecule has 0 spiro atoms. The van der Waals surface area contributed by atoms with Crippen molar-refractivity contribution < 1.29 is 37.2 Å². The fourth-order valence-electron chi connectivity index (χ4n) is 2.63. The molecule has 0 bridgehead atoms. The highest BCUT2D eigenvalue weighted by Crippen LogP contribution is 2.35.